The molecule has 180 valence electrons. The van der Waals surface area contributed by atoms with Crippen LogP contribution in [0.2, 0.25) is 4.71 Å². The normalized spacial score (nSPS) is 12.0. The number of aromatic amines is 1. The standard InChI is InChI=1S/C30H23AsN4O2/c31-24(14-20-4-2-1-3-5-20)19-37-25-16-26(29(33-17-25)23-10-13-36-18-23)22-6-7-28-27(15-22)30(35-34-28)21-8-11-32-12-9-21/h1-13,15-18,24H,14,19H2,(H,34,35)/t24-/m0/s1. The molecule has 6 aromatic rings. The van der Waals surface area contributed by atoms with Gasteiger partial charge in [-0.05, 0) is 0 Å². The van der Waals surface area contributed by atoms with Crippen molar-refractivity contribution in [1.82, 2.24) is 20.2 Å². The number of rotatable bonds is 8. The zero-order chi connectivity index (χ0) is 25.0. The van der Waals surface area contributed by atoms with Crippen molar-refractivity contribution in [3.63, 3.8) is 0 Å². The Morgan fingerprint density at radius 2 is 1.76 bits per heavy atom. The summed E-state index contributed by atoms with van der Waals surface area (Å²) in [5, 5.41) is 8.74. The first-order valence-electron chi connectivity index (χ1n) is 12.0. The molecule has 0 saturated heterocycles. The summed E-state index contributed by atoms with van der Waals surface area (Å²) in [5.41, 5.74) is 7.89. The van der Waals surface area contributed by atoms with E-state index in [1.165, 1.54) is 5.56 Å². The third-order valence-electron chi connectivity index (χ3n) is 6.24. The number of H-pyrrole nitrogens is 1. The second-order valence-corrected chi connectivity index (χ2v) is 10.3. The van der Waals surface area contributed by atoms with Gasteiger partial charge >= 0.3 is 206 Å². The van der Waals surface area contributed by atoms with Gasteiger partial charge in [0.2, 0.25) is 0 Å². The van der Waals surface area contributed by atoms with Crippen LogP contribution in [0.25, 0.3) is 44.5 Å². The zero-order valence-electron chi connectivity index (χ0n) is 19.9. The van der Waals surface area contributed by atoms with Crippen LogP contribution in [0.3, 0.4) is 0 Å². The fourth-order valence-corrected chi connectivity index (χ4v) is 5.02. The summed E-state index contributed by atoms with van der Waals surface area (Å²) in [6, 6.07) is 24.6. The Kier molecular flexibility index (Phi) is 6.57. The maximum atomic E-state index is 6.21. The number of aromatic nitrogens is 4. The van der Waals surface area contributed by atoms with Crippen LogP contribution in [-0.4, -0.2) is 43.6 Å². The molecule has 4 heterocycles. The fraction of sp³-hybridized carbons (Fsp3) is 0.100. The molecule has 0 unspecified atom stereocenters. The van der Waals surface area contributed by atoms with Gasteiger partial charge in [-0.3, -0.25) is 4.98 Å². The third-order valence-corrected chi connectivity index (χ3v) is 6.94. The number of furan rings is 1. The van der Waals surface area contributed by atoms with Crippen molar-refractivity contribution < 1.29 is 9.15 Å². The molecule has 2 aromatic carbocycles. The Morgan fingerprint density at radius 1 is 0.892 bits per heavy atom. The molecular weight excluding hydrogens is 523 g/mol. The predicted octanol–water partition coefficient (Wildman–Crippen LogP) is 6.53. The Hall–Kier alpha value is -4.15. The molecule has 0 spiro atoms. The van der Waals surface area contributed by atoms with E-state index in [0.717, 1.165) is 56.7 Å². The van der Waals surface area contributed by atoms with E-state index in [2.05, 4.69) is 80.6 Å². The van der Waals surface area contributed by atoms with Crippen molar-refractivity contribution in [2.45, 2.75) is 11.1 Å². The van der Waals surface area contributed by atoms with Gasteiger partial charge in [-0.1, -0.05) is 0 Å². The molecule has 0 aliphatic rings. The predicted molar refractivity (Wildman–Crippen MR) is 145 cm³/mol. The van der Waals surface area contributed by atoms with Crippen LogP contribution in [0.15, 0.2) is 108 Å². The Morgan fingerprint density at radius 3 is 2.57 bits per heavy atom. The topological polar surface area (TPSA) is 76.8 Å². The van der Waals surface area contributed by atoms with Crippen molar-refractivity contribution >= 4 is 27.8 Å². The summed E-state index contributed by atoms with van der Waals surface area (Å²) in [6.07, 6.45) is 9.65. The number of ether oxygens (including phenoxy) is 1. The fourth-order valence-electron chi connectivity index (χ4n) is 4.42. The van der Waals surface area contributed by atoms with Gasteiger partial charge in [0, 0.05) is 12.4 Å². The quantitative estimate of drug-likeness (QED) is 0.220. The molecule has 37 heavy (non-hydrogen) atoms. The van der Waals surface area contributed by atoms with Crippen LogP contribution < -0.4 is 4.74 Å². The molecule has 0 aliphatic heterocycles. The van der Waals surface area contributed by atoms with E-state index in [-0.39, 0.29) is 0 Å². The van der Waals surface area contributed by atoms with Crippen LogP contribution >= 0.6 is 0 Å². The third kappa shape index (κ3) is 5.06. The molecule has 4 aromatic heterocycles. The van der Waals surface area contributed by atoms with Gasteiger partial charge in [-0.15, -0.1) is 0 Å². The van der Waals surface area contributed by atoms with Gasteiger partial charge in [0.25, 0.3) is 0 Å². The molecule has 6 nitrogen and oxygen atoms in total. The van der Waals surface area contributed by atoms with Crippen molar-refractivity contribution in [2.75, 3.05) is 6.61 Å². The first-order chi connectivity index (χ1) is 18.2. The van der Waals surface area contributed by atoms with E-state index in [9.17, 15) is 0 Å². The summed E-state index contributed by atoms with van der Waals surface area (Å²) in [6.45, 7) is 0.577. The summed E-state index contributed by atoms with van der Waals surface area (Å²) in [7, 11) is 0. The second kappa shape index (κ2) is 10.5. The molecule has 6 rings (SSSR count). The van der Waals surface area contributed by atoms with Gasteiger partial charge in [-0.2, -0.15) is 0 Å². The van der Waals surface area contributed by atoms with E-state index in [4.69, 9.17) is 14.1 Å². The molecule has 0 bridgehead atoms. The molecule has 1 N–H and O–H groups in total. The van der Waals surface area contributed by atoms with Gasteiger partial charge in [0.05, 0.1) is 0 Å². The van der Waals surface area contributed by atoms with Gasteiger partial charge in [0.1, 0.15) is 0 Å². The minimum absolute atomic E-state index is 0.303. The van der Waals surface area contributed by atoms with Crippen molar-refractivity contribution in [2.24, 2.45) is 0 Å². The van der Waals surface area contributed by atoms with Crippen LogP contribution in [-0.2, 0) is 6.42 Å². The Labute approximate surface area is 223 Å². The van der Waals surface area contributed by atoms with E-state index in [1.54, 1.807) is 31.1 Å². The van der Waals surface area contributed by atoms with Gasteiger partial charge in [-0.25, -0.2) is 0 Å². The van der Waals surface area contributed by atoms with Crippen molar-refractivity contribution in [1.29, 1.82) is 0 Å². The second-order valence-electron chi connectivity index (χ2n) is 8.80. The molecule has 0 fully saturated rings. The number of pyridine rings is 2. The maximum absolute atomic E-state index is 6.21. The van der Waals surface area contributed by atoms with Crippen LogP contribution in [0.5, 0.6) is 5.75 Å². The monoisotopic (exact) mass is 546 g/mol. The molecular formula is C30H23AsN4O2. The Bertz CT molecular complexity index is 1620. The first kappa shape index (κ1) is 23.3. The Balaban J connectivity index is 1.34. The van der Waals surface area contributed by atoms with Gasteiger partial charge < -0.3 is 0 Å². The number of benzene rings is 2. The minimum atomic E-state index is 0.303. The number of nitrogens with one attached hydrogen (secondary N) is 1. The van der Waals surface area contributed by atoms with E-state index >= 15 is 0 Å². The molecule has 7 heteroatoms. The average Bonchev–Trinajstić information content (AvgIpc) is 3.63. The number of fused-ring (bicyclic) bond motifs is 1. The zero-order valence-corrected chi connectivity index (χ0v) is 21.8. The number of hydrogen-bond donors (Lipinski definition) is 1. The summed E-state index contributed by atoms with van der Waals surface area (Å²) in [5.74, 6) is 0.730. The average molecular weight is 546 g/mol. The van der Waals surface area contributed by atoms with E-state index in [1.807, 2.05) is 24.3 Å². The van der Waals surface area contributed by atoms with Crippen molar-refractivity contribution in [3.8, 4) is 39.4 Å². The van der Waals surface area contributed by atoms with E-state index in [0.29, 0.717) is 11.3 Å². The summed E-state index contributed by atoms with van der Waals surface area (Å²) in [4.78, 5) is 8.92. The molecule has 0 amide bonds. The summed E-state index contributed by atoms with van der Waals surface area (Å²) >= 11 is 2.72. The summed E-state index contributed by atoms with van der Waals surface area (Å²) < 4.78 is 11.9. The molecule has 0 saturated carbocycles. The van der Waals surface area contributed by atoms with Gasteiger partial charge in [0.15, 0.2) is 0 Å². The first-order valence-corrected chi connectivity index (χ1v) is 13.1. The van der Waals surface area contributed by atoms with Crippen LogP contribution in [0.4, 0.5) is 0 Å². The molecule has 1 atom stereocenters. The van der Waals surface area contributed by atoms with E-state index < -0.39 is 0 Å². The molecule has 2 radical (unpaired) electrons. The molecule has 0 aliphatic carbocycles. The van der Waals surface area contributed by atoms with Crippen molar-refractivity contribution in [3.05, 3.63) is 109 Å². The number of nitrogens with zero attached hydrogens (tertiary/aromatic N) is 3. The SMILES string of the molecule is [As][C@H](COc1cnc(-c2ccoc2)c(-c2ccc3[nH]nc(-c4ccncc4)c3c2)c1)Cc1ccccc1. The van der Waals surface area contributed by atoms with Crippen LogP contribution in [0, 0.1) is 0 Å². The van der Waals surface area contributed by atoms with Crippen LogP contribution in [0.1, 0.15) is 5.56 Å². The number of hydrogen-bond acceptors (Lipinski definition) is 5.